The Morgan fingerprint density at radius 3 is 2.65 bits per heavy atom. The van der Waals surface area contributed by atoms with Crippen LogP contribution in [0.15, 0.2) is 36.1 Å². The molecule has 3 rings (SSSR count). The number of benzene rings is 1. The van der Waals surface area contributed by atoms with Gasteiger partial charge in [0.25, 0.3) is 0 Å². The molecule has 0 bridgehead atoms. The van der Waals surface area contributed by atoms with Crippen LogP contribution in [0.1, 0.15) is 18.4 Å². The van der Waals surface area contributed by atoms with Crippen molar-refractivity contribution < 1.29 is 14.3 Å². The zero-order valence-electron chi connectivity index (χ0n) is 11.5. The van der Waals surface area contributed by atoms with Gasteiger partial charge in [-0.25, -0.2) is 4.79 Å². The first kappa shape index (κ1) is 13.2. The molecule has 0 saturated carbocycles. The summed E-state index contributed by atoms with van der Waals surface area (Å²) in [7, 11) is 0. The molecule has 0 aromatic heterocycles. The maximum atomic E-state index is 11.8. The molecule has 0 atom stereocenters. The molecule has 0 radical (unpaired) electrons. The van der Waals surface area contributed by atoms with Crippen LogP contribution < -0.4 is 0 Å². The van der Waals surface area contributed by atoms with Gasteiger partial charge in [0.15, 0.2) is 0 Å². The summed E-state index contributed by atoms with van der Waals surface area (Å²) in [5.74, 6) is 0.382. The second kappa shape index (κ2) is 6.09. The lowest BCUT2D eigenvalue weighted by molar-refractivity contribution is -0.134. The summed E-state index contributed by atoms with van der Waals surface area (Å²) in [5.41, 5.74) is 1.44. The molecular formula is C16H19NO3. The van der Waals surface area contributed by atoms with E-state index in [1.165, 1.54) is 12.8 Å². The second-order valence-corrected chi connectivity index (χ2v) is 5.14. The molecule has 0 aliphatic carbocycles. The van der Waals surface area contributed by atoms with Gasteiger partial charge in [0.05, 0.1) is 0 Å². The monoisotopic (exact) mass is 273 g/mol. The number of cyclic esters (lactones) is 1. The van der Waals surface area contributed by atoms with Crippen LogP contribution in [0, 0.1) is 0 Å². The third-order valence-corrected chi connectivity index (χ3v) is 3.76. The van der Waals surface area contributed by atoms with Crippen LogP contribution in [0.25, 0.3) is 5.57 Å². The fourth-order valence-corrected chi connectivity index (χ4v) is 2.69. The molecule has 1 aromatic carbocycles. The van der Waals surface area contributed by atoms with Crippen molar-refractivity contribution in [3.8, 4) is 0 Å². The number of hydrogen-bond acceptors (Lipinski definition) is 4. The number of nitrogens with zero attached hydrogens (tertiary/aromatic N) is 1. The molecule has 0 unspecified atom stereocenters. The highest BCUT2D eigenvalue weighted by atomic mass is 16.6. The number of hydrogen-bond donors (Lipinski definition) is 0. The third kappa shape index (κ3) is 2.85. The van der Waals surface area contributed by atoms with Crippen molar-refractivity contribution >= 4 is 11.5 Å². The number of esters is 1. The van der Waals surface area contributed by atoms with E-state index >= 15 is 0 Å². The van der Waals surface area contributed by atoms with E-state index in [9.17, 15) is 4.79 Å². The highest BCUT2D eigenvalue weighted by Crippen LogP contribution is 2.26. The molecular weight excluding hydrogens is 254 g/mol. The Morgan fingerprint density at radius 1 is 1.15 bits per heavy atom. The second-order valence-electron chi connectivity index (χ2n) is 5.14. The van der Waals surface area contributed by atoms with E-state index in [-0.39, 0.29) is 12.6 Å². The normalized spacial score (nSPS) is 19.5. The highest BCUT2D eigenvalue weighted by Gasteiger charge is 2.27. The molecule has 0 amide bonds. The van der Waals surface area contributed by atoms with E-state index in [1.807, 2.05) is 30.3 Å². The highest BCUT2D eigenvalue weighted by molar-refractivity contribution is 6.18. The molecule has 0 spiro atoms. The van der Waals surface area contributed by atoms with E-state index in [4.69, 9.17) is 9.47 Å². The number of carbonyl (C=O) groups is 1. The van der Waals surface area contributed by atoms with Crippen molar-refractivity contribution in [2.75, 3.05) is 32.8 Å². The maximum Gasteiger partial charge on any atom is 0.342 e. The molecule has 106 valence electrons. The van der Waals surface area contributed by atoms with Crippen LogP contribution in [0.3, 0.4) is 0 Å². The minimum atomic E-state index is -0.285. The molecule has 2 aliphatic heterocycles. The summed E-state index contributed by atoms with van der Waals surface area (Å²) < 4.78 is 10.9. The minimum Gasteiger partial charge on any atom is -0.492 e. The van der Waals surface area contributed by atoms with Gasteiger partial charge in [0.2, 0.25) is 0 Å². The van der Waals surface area contributed by atoms with Gasteiger partial charge in [0, 0.05) is 6.54 Å². The number of rotatable bonds is 5. The topological polar surface area (TPSA) is 38.8 Å². The molecule has 4 nitrogen and oxygen atoms in total. The van der Waals surface area contributed by atoms with Crippen LogP contribution >= 0.6 is 0 Å². The van der Waals surface area contributed by atoms with E-state index in [0.29, 0.717) is 17.9 Å². The zero-order chi connectivity index (χ0) is 13.8. The average Bonchev–Trinajstić information content (AvgIpc) is 3.10. The van der Waals surface area contributed by atoms with E-state index < -0.39 is 0 Å². The first-order chi connectivity index (χ1) is 9.84. The molecule has 2 heterocycles. The van der Waals surface area contributed by atoms with E-state index in [2.05, 4.69) is 4.90 Å². The lowest BCUT2D eigenvalue weighted by atomic mass is 10.1. The van der Waals surface area contributed by atoms with Gasteiger partial charge in [-0.2, -0.15) is 0 Å². The Labute approximate surface area is 119 Å². The van der Waals surface area contributed by atoms with Gasteiger partial charge >= 0.3 is 5.97 Å². The van der Waals surface area contributed by atoms with Crippen molar-refractivity contribution in [2.24, 2.45) is 0 Å². The lowest BCUT2D eigenvalue weighted by Crippen LogP contribution is -2.24. The van der Waals surface area contributed by atoms with E-state index in [0.717, 1.165) is 25.2 Å². The average molecular weight is 273 g/mol. The Hall–Kier alpha value is -1.81. The quantitative estimate of drug-likeness (QED) is 0.770. The standard InChI is InChI=1S/C16H19NO3/c18-16-15(13-6-2-1-3-7-13)14(12-20-16)19-11-10-17-8-4-5-9-17/h1-3,6-7H,4-5,8-12H2. The largest absolute Gasteiger partial charge is 0.492 e. The van der Waals surface area contributed by atoms with Crippen molar-refractivity contribution in [1.82, 2.24) is 4.90 Å². The van der Waals surface area contributed by atoms with Gasteiger partial charge in [-0.3, -0.25) is 4.90 Å². The molecule has 1 fully saturated rings. The van der Waals surface area contributed by atoms with Crippen molar-refractivity contribution in [1.29, 1.82) is 0 Å². The van der Waals surface area contributed by atoms with Gasteiger partial charge in [-0.1, -0.05) is 30.3 Å². The summed E-state index contributed by atoms with van der Waals surface area (Å²) in [6, 6.07) is 9.57. The molecule has 1 saturated heterocycles. The predicted octanol–water partition coefficient (Wildman–Crippen LogP) is 2.07. The smallest absolute Gasteiger partial charge is 0.342 e. The number of likely N-dealkylation sites (tertiary alicyclic amines) is 1. The van der Waals surface area contributed by atoms with Crippen LogP contribution in [0.5, 0.6) is 0 Å². The van der Waals surface area contributed by atoms with Crippen LogP contribution in [0.4, 0.5) is 0 Å². The Bertz CT molecular complexity index is 504. The summed E-state index contributed by atoms with van der Waals surface area (Å²) in [6.07, 6.45) is 2.55. The van der Waals surface area contributed by atoms with Crippen LogP contribution in [-0.4, -0.2) is 43.7 Å². The lowest BCUT2D eigenvalue weighted by Gasteiger charge is -2.15. The molecule has 1 aromatic rings. The fraction of sp³-hybridized carbons (Fsp3) is 0.438. The summed E-state index contributed by atoms with van der Waals surface area (Å²) >= 11 is 0. The number of ether oxygens (including phenoxy) is 2. The van der Waals surface area contributed by atoms with Crippen molar-refractivity contribution in [3.05, 3.63) is 41.7 Å². The van der Waals surface area contributed by atoms with Crippen molar-refractivity contribution in [2.45, 2.75) is 12.8 Å². The first-order valence-corrected chi connectivity index (χ1v) is 7.15. The summed E-state index contributed by atoms with van der Waals surface area (Å²) in [5, 5.41) is 0. The Morgan fingerprint density at radius 2 is 1.90 bits per heavy atom. The van der Waals surface area contributed by atoms with Crippen LogP contribution in [0.2, 0.25) is 0 Å². The molecule has 20 heavy (non-hydrogen) atoms. The van der Waals surface area contributed by atoms with Crippen LogP contribution in [-0.2, 0) is 14.3 Å². The maximum absolute atomic E-state index is 11.8. The van der Waals surface area contributed by atoms with Crippen molar-refractivity contribution in [3.63, 3.8) is 0 Å². The molecule has 2 aliphatic rings. The van der Waals surface area contributed by atoms with Gasteiger partial charge in [-0.15, -0.1) is 0 Å². The number of carbonyl (C=O) groups excluding carboxylic acids is 1. The van der Waals surface area contributed by atoms with Gasteiger partial charge < -0.3 is 9.47 Å². The first-order valence-electron chi connectivity index (χ1n) is 7.15. The SMILES string of the molecule is O=C1OCC(OCCN2CCCC2)=C1c1ccccc1. The third-order valence-electron chi connectivity index (χ3n) is 3.76. The van der Waals surface area contributed by atoms with Gasteiger partial charge in [0.1, 0.15) is 24.5 Å². The predicted molar refractivity (Wildman–Crippen MR) is 75.9 cm³/mol. The summed E-state index contributed by atoms with van der Waals surface area (Å²) in [4.78, 5) is 14.2. The Kier molecular flexibility index (Phi) is 4.02. The minimum absolute atomic E-state index is 0.253. The molecule has 0 N–H and O–H groups in total. The fourth-order valence-electron chi connectivity index (χ4n) is 2.69. The molecule has 4 heteroatoms. The Balaban J connectivity index is 1.66. The zero-order valence-corrected chi connectivity index (χ0v) is 11.5. The van der Waals surface area contributed by atoms with E-state index in [1.54, 1.807) is 0 Å². The van der Waals surface area contributed by atoms with Gasteiger partial charge in [-0.05, 0) is 31.5 Å². The summed E-state index contributed by atoms with van der Waals surface area (Å²) in [6.45, 7) is 4.10.